The number of ether oxygens (including phenoxy) is 3. The Morgan fingerprint density at radius 1 is 0.201 bits per heavy atom. The first-order chi connectivity index (χ1) is 69.1. The molecule has 0 atom stereocenters. The number of hydrogen-bond donors (Lipinski definition) is 9. The second-order valence-electron chi connectivity index (χ2n) is 30.9. The molecule has 0 aliphatic heterocycles. The second-order valence-corrected chi connectivity index (χ2v) is 30.9. The van der Waals surface area contributed by atoms with Gasteiger partial charge in [0, 0.05) is 176 Å². The number of rotatable bonds is 27. The van der Waals surface area contributed by atoms with Gasteiger partial charge >= 0.3 is 18.0 Å². The molecule has 144 heavy (non-hydrogen) atoms. The monoisotopic (exact) mass is 2010 g/mol. The van der Waals surface area contributed by atoms with Gasteiger partial charge in [-0.1, -0.05) is 146 Å². The normalized spacial score (nSPS) is 11.2. The molecule has 0 bridgehead atoms. The van der Waals surface area contributed by atoms with Crippen LogP contribution in [0.4, 0.5) is 34.1 Å². The van der Waals surface area contributed by atoms with Crippen LogP contribution in [-0.4, -0.2) is 132 Å². The van der Waals surface area contributed by atoms with Crippen LogP contribution in [0.3, 0.4) is 0 Å². The molecule has 708 valence electrons. The van der Waals surface area contributed by atoms with E-state index in [1.807, 2.05) is 200 Å². The molecule has 0 saturated carbocycles. The number of aromatic hydroxyl groups is 9. The largest absolute Gasteiger partial charge is 0.507 e. The van der Waals surface area contributed by atoms with Crippen LogP contribution in [0, 0.1) is 0 Å². The summed E-state index contributed by atoms with van der Waals surface area (Å²) in [5, 5.41) is 91.9. The van der Waals surface area contributed by atoms with Gasteiger partial charge in [-0.3, -0.25) is 59.9 Å². The van der Waals surface area contributed by atoms with Gasteiger partial charge in [0.05, 0.1) is 53.8 Å². The Balaban J connectivity index is 0.000000188. The molecular weight excluding hydrogens is 1930 g/mol. The SMILES string of the molecule is Oc1ccc(CN=Cc2ccc(Oc3nc(Oc4ccc(C=NCc5ccc(O)c6ncccc56)cc4)nc(Oc4ccc(C=NCc5ccc(O)c6ncccc56)cc4)n3)cc2)c2cccnc12.Oc1ccccc1C=Nc1ccccc1N=Cc1ccccc1O.Oc1ccccc1C=Nc1ccccc1N=Cc1ccccc1O.Oc1ccccc1C=Nc1ccccc1N=Cc1ccccc1O.[Cr].[Cr].[Cr]. The minimum atomic E-state index is -0.0642. The molecule has 4 aromatic heterocycles. The average molecular weight is 2020 g/mol. The van der Waals surface area contributed by atoms with Crippen molar-refractivity contribution in [3.8, 4) is 87.0 Å². The van der Waals surface area contributed by atoms with Crippen molar-refractivity contribution in [3.05, 3.63) is 449 Å². The van der Waals surface area contributed by atoms with Crippen LogP contribution >= 0.6 is 0 Å². The van der Waals surface area contributed by atoms with Crippen molar-refractivity contribution in [2.45, 2.75) is 19.6 Å². The number of pyridine rings is 3. The molecule has 15 aromatic carbocycles. The number of para-hydroxylation sites is 12. The Hall–Kier alpha value is -18.2. The molecule has 0 radical (unpaired) electrons. The standard InChI is InChI=1S/C54H39N9O6.3C20H16N2O2.3Cr/c64-46-22-13-37(43-4-1-25-58-49(43)46)31-55-28-34-7-16-40(17-8-34)67-52-61-53(68-41-18-9-35(10-19-41)29-56-32-38-14-23-47(65)50-44(38)5-2-26-59-50)63-54(62-52)69-42-20-11-36(12-21-42)30-57-33-39-15-24-48(66)51-45(39)6-3-27-60-51;3*23-19-11-5-1-7-15(19)13-21-17-9-3-4-10-18(17)22-14-16-8-2-6-12-20(16)24;;;/h1-30,64-66H,31-33H2;3*1-14,23-24H;;;. The van der Waals surface area contributed by atoms with Gasteiger partial charge in [0.15, 0.2) is 0 Å². The summed E-state index contributed by atoms with van der Waals surface area (Å²) in [5.41, 5.74) is 14.8. The predicted molar refractivity (Wildman–Crippen MR) is 555 cm³/mol. The van der Waals surface area contributed by atoms with Crippen molar-refractivity contribution in [2.24, 2.45) is 44.9 Å². The summed E-state index contributed by atoms with van der Waals surface area (Å²) >= 11 is 0. The Bertz CT molecular complexity index is 6950. The zero-order valence-corrected chi connectivity index (χ0v) is 80.2. The molecule has 0 aliphatic rings. The van der Waals surface area contributed by atoms with E-state index in [1.54, 1.807) is 238 Å². The number of benzene rings is 15. The Kier molecular flexibility index (Phi) is 37.2. The number of phenolic OH excluding ortho intramolecular Hbond substituents is 9. The molecular formula is C114H87Cr3N15O12. The van der Waals surface area contributed by atoms with E-state index in [0.717, 1.165) is 49.5 Å². The van der Waals surface area contributed by atoms with Gasteiger partial charge in [0.25, 0.3) is 0 Å². The molecule has 19 aromatic rings. The van der Waals surface area contributed by atoms with Crippen LogP contribution in [-0.2, 0) is 71.7 Å². The molecule has 0 fully saturated rings. The van der Waals surface area contributed by atoms with Gasteiger partial charge in [-0.15, -0.1) is 15.0 Å². The van der Waals surface area contributed by atoms with E-state index >= 15 is 0 Å². The Morgan fingerprint density at radius 3 is 0.611 bits per heavy atom. The molecule has 0 unspecified atom stereocenters. The summed E-state index contributed by atoms with van der Waals surface area (Å²) in [6.45, 7) is 1.20. The number of fused-ring (bicyclic) bond motifs is 3. The first-order valence-electron chi connectivity index (χ1n) is 44.1. The topological polar surface area (TPSA) is 398 Å². The third kappa shape index (κ3) is 28.7. The van der Waals surface area contributed by atoms with Gasteiger partial charge in [-0.25, -0.2) is 0 Å². The summed E-state index contributed by atoms with van der Waals surface area (Å²) in [6, 6.07) is 107. The van der Waals surface area contributed by atoms with E-state index in [9.17, 15) is 46.0 Å². The third-order valence-electron chi connectivity index (χ3n) is 21.2. The zero-order chi connectivity index (χ0) is 97.3. The molecule has 30 heteroatoms. The fourth-order valence-electron chi connectivity index (χ4n) is 13.9. The number of aliphatic imine (C=N–C) groups is 9. The van der Waals surface area contributed by atoms with Crippen molar-refractivity contribution in [2.75, 3.05) is 0 Å². The van der Waals surface area contributed by atoms with E-state index in [-0.39, 0.29) is 122 Å². The van der Waals surface area contributed by atoms with Gasteiger partial charge < -0.3 is 60.2 Å². The Labute approximate surface area is 859 Å². The molecule has 4 heterocycles. The maximum atomic E-state index is 10.2. The van der Waals surface area contributed by atoms with Crippen LogP contribution in [0.25, 0.3) is 32.7 Å². The van der Waals surface area contributed by atoms with Gasteiger partial charge in [0.2, 0.25) is 0 Å². The molecule has 0 saturated heterocycles. The minimum absolute atomic E-state index is 0. The van der Waals surface area contributed by atoms with Crippen molar-refractivity contribution in [3.63, 3.8) is 0 Å². The number of phenols is 9. The smallest absolute Gasteiger partial charge is 0.331 e. The molecule has 19 rings (SSSR count). The third-order valence-corrected chi connectivity index (χ3v) is 21.2. The quantitative estimate of drug-likeness (QED) is 0.0216. The maximum absolute atomic E-state index is 10.2. The number of nitrogens with zero attached hydrogens (tertiary/aromatic N) is 15. The molecule has 27 nitrogen and oxygen atoms in total. The van der Waals surface area contributed by atoms with E-state index in [2.05, 4.69) is 74.8 Å². The van der Waals surface area contributed by atoms with E-state index < -0.39 is 0 Å². The molecule has 0 aliphatic carbocycles. The minimum Gasteiger partial charge on any atom is -0.507 e. The van der Waals surface area contributed by atoms with Gasteiger partial charge in [-0.2, -0.15) is 0 Å². The summed E-state index contributed by atoms with van der Waals surface area (Å²) < 4.78 is 18.4. The fraction of sp³-hybridized carbons (Fsp3) is 0.0263. The van der Waals surface area contributed by atoms with Crippen LogP contribution in [0.5, 0.6) is 87.0 Å². The van der Waals surface area contributed by atoms with Gasteiger partial charge in [-0.05, 0) is 252 Å². The van der Waals surface area contributed by atoms with Crippen LogP contribution in [0.1, 0.15) is 66.8 Å². The first-order valence-corrected chi connectivity index (χ1v) is 44.1. The van der Waals surface area contributed by atoms with E-state index in [1.165, 1.54) is 0 Å². The second kappa shape index (κ2) is 52.0. The average Bonchev–Trinajstić information content (AvgIpc) is 0.823. The van der Waals surface area contributed by atoms with Crippen LogP contribution in [0.15, 0.2) is 428 Å². The zero-order valence-electron chi connectivity index (χ0n) is 76.4. The molecule has 0 amide bonds. The first kappa shape index (κ1) is 103. The van der Waals surface area contributed by atoms with Crippen molar-refractivity contribution in [1.29, 1.82) is 0 Å². The van der Waals surface area contributed by atoms with Crippen LogP contribution < -0.4 is 14.2 Å². The van der Waals surface area contributed by atoms with Gasteiger partial charge in [0.1, 0.15) is 85.5 Å². The summed E-state index contributed by atoms with van der Waals surface area (Å²) in [6.07, 6.45) is 19.8. The number of hydrogen-bond acceptors (Lipinski definition) is 27. The molecule has 9 N–H and O–H groups in total. The fourth-order valence-corrected chi connectivity index (χ4v) is 13.9. The number of aromatic nitrogens is 6. The predicted octanol–water partition coefficient (Wildman–Crippen LogP) is 24.7. The van der Waals surface area contributed by atoms with Crippen molar-refractivity contribution in [1.82, 2.24) is 29.9 Å². The van der Waals surface area contributed by atoms with Crippen LogP contribution in [0.2, 0.25) is 0 Å². The van der Waals surface area contributed by atoms with Crippen molar-refractivity contribution >= 4 is 123 Å². The summed E-state index contributed by atoms with van der Waals surface area (Å²) in [5.74, 6) is 2.80. The molecule has 0 spiro atoms. The van der Waals surface area contributed by atoms with E-state index in [4.69, 9.17) is 14.2 Å². The maximum Gasteiger partial charge on any atom is 0.331 e. The Morgan fingerprint density at radius 2 is 0.403 bits per heavy atom. The summed E-state index contributed by atoms with van der Waals surface area (Å²) in [7, 11) is 0. The van der Waals surface area contributed by atoms with Crippen molar-refractivity contribution < 1.29 is 112 Å². The summed E-state index contributed by atoms with van der Waals surface area (Å²) in [4.78, 5) is 66.6. The van der Waals surface area contributed by atoms with E-state index in [0.29, 0.717) is 121 Å².